The van der Waals surface area contributed by atoms with Crippen molar-refractivity contribution in [3.05, 3.63) is 35.4 Å². The zero-order valence-corrected chi connectivity index (χ0v) is 14.9. The first-order valence-electron chi connectivity index (χ1n) is 8.98. The first-order valence-corrected chi connectivity index (χ1v) is 8.98. The lowest BCUT2D eigenvalue weighted by Gasteiger charge is -2.32. The third kappa shape index (κ3) is 3.47. The first-order chi connectivity index (χ1) is 11.4. The Hall–Kier alpha value is -1.84. The molecule has 3 rings (SSSR count). The molecular weight excluding hydrogens is 302 g/mol. The van der Waals surface area contributed by atoms with Crippen LogP contribution in [-0.2, 0) is 11.2 Å². The number of carbonyl (C=O) groups is 2. The zero-order valence-electron chi connectivity index (χ0n) is 14.9. The molecule has 0 N–H and O–H groups in total. The summed E-state index contributed by atoms with van der Waals surface area (Å²) >= 11 is 0. The Labute approximate surface area is 144 Å². The Morgan fingerprint density at radius 1 is 1.17 bits per heavy atom. The molecule has 1 aliphatic carbocycles. The zero-order chi connectivity index (χ0) is 17.3. The van der Waals surface area contributed by atoms with Crippen LogP contribution in [0.3, 0.4) is 0 Å². The Morgan fingerprint density at radius 2 is 1.92 bits per heavy atom. The minimum absolute atomic E-state index is 0.0292. The van der Waals surface area contributed by atoms with Crippen molar-refractivity contribution in [2.24, 2.45) is 5.92 Å². The number of benzene rings is 1. The smallest absolute Gasteiger partial charge is 0.410 e. The fourth-order valence-electron chi connectivity index (χ4n) is 3.95. The molecule has 1 aromatic carbocycles. The number of aryl methyl sites for hydroxylation is 1. The summed E-state index contributed by atoms with van der Waals surface area (Å²) in [6, 6.07) is 7.88. The Kier molecular flexibility index (Phi) is 4.66. The molecule has 1 saturated heterocycles. The normalized spacial score (nSPS) is 24.5. The molecule has 2 aliphatic rings. The molecule has 0 spiro atoms. The van der Waals surface area contributed by atoms with Gasteiger partial charge in [-0.1, -0.05) is 24.3 Å². The molecule has 4 heteroatoms. The summed E-state index contributed by atoms with van der Waals surface area (Å²) in [6.45, 7) is 6.32. The quantitative estimate of drug-likeness (QED) is 0.725. The van der Waals surface area contributed by atoms with E-state index < -0.39 is 5.60 Å². The number of rotatable bonds is 1. The van der Waals surface area contributed by atoms with Crippen LogP contribution in [0, 0.1) is 5.92 Å². The van der Waals surface area contributed by atoms with E-state index in [1.165, 1.54) is 0 Å². The number of hydrogen-bond donors (Lipinski definition) is 0. The van der Waals surface area contributed by atoms with Crippen molar-refractivity contribution in [2.45, 2.75) is 64.5 Å². The molecule has 1 aromatic rings. The third-order valence-corrected chi connectivity index (χ3v) is 4.97. The van der Waals surface area contributed by atoms with Gasteiger partial charge in [-0.3, -0.25) is 4.79 Å². The van der Waals surface area contributed by atoms with Crippen molar-refractivity contribution in [3.63, 3.8) is 0 Å². The summed E-state index contributed by atoms with van der Waals surface area (Å²) in [6.07, 6.45) is 4.32. The number of hydrogen-bond acceptors (Lipinski definition) is 3. The Morgan fingerprint density at radius 3 is 2.67 bits per heavy atom. The Bertz CT molecular complexity index is 632. The number of fused-ring (bicyclic) bond motifs is 1. The van der Waals surface area contributed by atoms with Crippen molar-refractivity contribution in [3.8, 4) is 0 Å². The molecular formula is C20H27NO3. The van der Waals surface area contributed by atoms with Crippen molar-refractivity contribution >= 4 is 11.9 Å². The van der Waals surface area contributed by atoms with Gasteiger partial charge in [-0.25, -0.2) is 4.79 Å². The molecule has 0 bridgehead atoms. The van der Waals surface area contributed by atoms with E-state index in [-0.39, 0.29) is 23.8 Å². The minimum Gasteiger partial charge on any atom is -0.444 e. The number of likely N-dealkylation sites (tertiary alicyclic amines) is 1. The summed E-state index contributed by atoms with van der Waals surface area (Å²) in [7, 11) is 0. The van der Waals surface area contributed by atoms with E-state index in [0.717, 1.165) is 43.2 Å². The van der Waals surface area contributed by atoms with Crippen LogP contribution < -0.4 is 0 Å². The van der Waals surface area contributed by atoms with Gasteiger partial charge in [-0.05, 0) is 58.4 Å². The number of ketones is 1. The van der Waals surface area contributed by atoms with Crippen LogP contribution >= 0.6 is 0 Å². The van der Waals surface area contributed by atoms with Gasteiger partial charge in [0.2, 0.25) is 0 Å². The number of Topliss-reactive ketones (excluding diaryl/α,β-unsaturated/α-hetero) is 1. The third-order valence-electron chi connectivity index (χ3n) is 4.97. The molecule has 2 atom stereocenters. The predicted molar refractivity (Wildman–Crippen MR) is 93.2 cm³/mol. The molecule has 1 heterocycles. The summed E-state index contributed by atoms with van der Waals surface area (Å²) in [5.41, 5.74) is 1.48. The topological polar surface area (TPSA) is 46.6 Å². The number of amides is 1. The van der Waals surface area contributed by atoms with Gasteiger partial charge in [0.1, 0.15) is 5.60 Å². The van der Waals surface area contributed by atoms with E-state index in [2.05, 4.69) is 6.07 Å². The molecule has 0 unspecified atom stereocenters. The SMILES string of the molecule is CC(C)(C)OC(=O)N1CCC[C@@H]1[C@H]1CCCc2ccccc2C1=O. The number of nitrogens with zero attached hydrogens (tertiary/aromatic N) is 1. The van der Waals surface area contributed by atoms with Gasteiger partial charge in [0, 0.05) is 24.1 Å². The highest BCUT2D eigenvalue weighted by atomic mass is 16.6. The molecule has 0 radical (unpaired) electrons. The highest BCUT2D eigenvalue weighted by Crippen LogP contribution is 2.34. The van der Waals surface area contributed by atoms with Crippen molar-refractivity contribution < 1.29 is 14.3 Å². The maximum atomic E-state index is 13.1. The highest BCUT2D eigenvalue weighted by molar-refractivity contribution is 6.00. The Balaban J connectivity index is 1.82. The van der Waals surface area contributed by atoms with Gasteiger partial charge < -0.3 is 9.64 Å². The lowest BCUT2D eigenvalue weighted by Crippen LogP contribution is -2.45. The molecule has 130 valence electrons. The van der Waals surface area contributed by atoms with E-state index in [1.54, 1.807) is 4.90 Å². The monoisotopic (exact) mass is 329 g/mol. The second kappa shape index (κ2) is 6.58. The summed E-state index contributed by atoms with van der Waals surface area (Å²) in [5, 5.41) is 0. The van der Waals surface area contributed by atoms with Gasteiger partial charge in [0.25, 0.3) is 0 Å². The van der Waals surface area contributed by atoms with E-state index in [1.807, 2.05) is 39.0 Å². The van der Waals surface area contributed by atoms with Gasteiger partial charge in [-0.2, -0.15) is 0 Å². The molecule has 24 heavy (non-hydrogen) atoms. The van der Waals surface area contributed by atoms with Gasteiger partial charge >= 0.3 is 6.09 Å². The van der Waals surface area contributed by atoms with Crippen LogP contribution in [0.4, 0.5) is 4.79 Å². The van der Waals surface area contributed by atoms with Gasteiger partial charge in [-0.15, -0.1) is 0 Å². The lowest BCUT2D eigenvalue weighted by molar-refractivity contribution is 0.0177. The largest absolute Gasteiger partial charge is 0.444 e. The van der Waals surface area contributed by atoms with Crippen LogP contribution in [0.25, 0.3) is 0 Å². The standard InChI is InChI=1S/C20H27NO3/c1-20(2,3)24-19(23)21-13-7-12-17(21)16-11-6-9-14-8-4-5-10-15(14)18(16)22/h4-5,8,10,16-17H,6-7,9,11-13H2,1-3H3/t16-,17-/m1/s1. The molecule has 0 aromatic heterocycles. The average molecular weight is 329 g/mol. The number of carbonyl (C=O) groups excluding carboxylic acids is 2. The van der Waals surface area contributed by atoms with E-state index in [9.17, 15) is 9.59 Å². The van der Waals surface area contributed by atoms with Crippen molar-refractivity contribution in [2.75, 3.05) is 6.54 Å². The second-order valence-corrected chi connectivity index (χ2v) is 7.90. The molecule has 1 aliphatic heterocycles. The van der Waals surface area contributed by atoms with Crippen molar-refractivity contribution in [1.82, 2.24) is 4.90 Å². The minimum atomic E-state index is -0.510. The van der Waals surface area contributed by atoms with Gasteiger partial charge in [0.05, 0.1) is 0 Å². The van der Waals surface area contributed by atoms with Gasteiger partial charge in [0.15, 0.2) is 5.78 Å². The first kappa shape index (κ1) is 17.0. The van der Waals surface area contributed by atoms with E-state index >= 15 is 0 Å². The van der Waals surface area contributed by atoms with E-state index in [0.29, 0.717) is 6.54 Å². The molecule has 0 saturated carbocycles. The van der Waals surface area contributed by atoms with E-state index in [4.69, 9.17) is 4.74 Å². The van der Waals surface area contributed by atoms with Crippen LogP contribution in [0.2, 0.25) is 0 Å². The van der Waals surface area contributed by atoms with Crippen molar-refractivity contribution in [1.29, 1.82) is 0 Å². The summed E-state index contributed by atoms with van der Waals surface area (Å²) in [4.78, 5) is 27.4. The average Bonchev–Trinajstić information content (AvgIpc) is 2.93. The summed E-state index contributed by atoms with van der Waals surface area (Å²) < 4.78 is 5.55. The summed E-state index contributed by atoms with van der Waals surface area (Å²) in [5.74, 6) is 0.0900. The van der Waals surface area contributed by atoms with Crippen LogP contribution in [-0.4, -0.2) is 35.0 Å². The number of ether oxygens (including phenoxy) is 1. The molecule has 1 amide bonds. The maximum Gasteiger partial charge on any atom is 0.410 e. The predicted octanol–water partition coefficient (Wildman–Crippen LogP) is 4.22. The van der Waals surface area contributed by atoms with Crippen LogP contribution in [0.5, 0.6) is 0 Å². The fourth-order valence-corrected chi connectivity index (χ4v) is 3.95. The highest BCUT2D eigenvalue weighted by Gasteiger charge is 2.41. The van der Waals surface area contributed by atoms with Crippen LogP contribution in [0.1, 0.15) is 62.4 Å². The maximum absolute atomic E-state index is 13.1. The molecule has 4 nitrogen and oxygen atoms in total. The molecule has 1 fully saturated rings. The fraction of sp³-hybridized carbons (Fsp3) is 0.600. The van der Waals surface area contributed by atoms with Crippen LogP contribution in [0.15, 0.2) is 24.3 Å². The second-order valence-electron chi connectivity index (χ2n) is 7.90. The lowest BCUT2D eigenvalue weighted by atomic mass is 9.87.